The van der Waals surface area contributed by atoms with Gasteiger partial charge in [0, 0.05) is 37.8 Å². The third-order valence-corrected chi connectivity index (χ3v) is 3.24. The minimum absolute atomic E-state index is 0.185. The van der Waals surface area contributed by atoms with E-state index in [0.717, 1.165) is 17.7 Å². The van der Waals surface area contributed by atoms with Gasteiger partial charge in [-0.05, 0) is 17.7 Å². The Morgan fingerprint density at radius 2 is 1.85 bits per heavy atom. The number of carbonyl (C=O) groups excluding carboxylic acids is 1. The van der Waals surface area contributed by atoms with Crippen LogP contribution >= 0.6 is 0 Å². The van der Waals surface area contributed by atoms with Crippen LogP contribution in [-0.2, 0) is 17.8 Å². The summed E-state index contributed by atoms with van der Waals surface area (Å²) in [4.78, 5) is 18.3. The maximum Gasteiger partial charge on any atom is 0.222 e. The molecule has 0 unspecified atom stereocenters. The van der Waals surface area contributed by atoms with Crippen molar-refractivity contribution in [2.75, 3.05) is 6.54 Å². The van der Waals surface area contributed by atoms with E-state index >= 15 is 0 Å². The zero-order chi connectivity index (χ0) is 14.2. The van der Waals surface area contributed by atoms with Gasteiger partial charge in [-0.2, -0.15) is 0 Å². The summed E-state index contributed by atoms with van der Waals surface area (Å²) in [5.74, 6) is 0.185. The van der Waals surface area contributed by atoms with Gasteiger partial charge in [-0.15, -0.1) is 0 Å². The molecule has 2 aromatic rings. The zero-order valence-corrected chi connectivity index (χ0v) is 11.8. The zero-order valence-electron chi connectivity index (χ0n) is 11.8. The fourth-order valence-corrected chi connectivity index (χ4v) is 2.11. The lowest BCUT2D eigenvalue weighted by Gasteiger charge is -2.22. The first-order valence-electron chi connectivity index (χ1n) is 7.01. The first-order chi connectivity index (χ1) is 9.79. The highest BCUT2D eigenvalue weighted by Gasteiger charge is 2.12. The number of aromatic nitrogens is 1. The van der Waals surface area contributed by atoms with E-state index in [1.807, 2.05) is 48.2 Å². The van der Waals surface area contributed by atoms with Crippen LogP contribution in [0.15, 0.2) is 54.7 Å². The topological polar surface area (TPSA) is 33.2 Å². The molecule has 3 heteroatoms. The Hall–Kier alpha value is -2.16. The lowest BCUT2D eigenvalue weighted by atomic mass is 10.2. The first-order valence-corrected chi connectivity index (χ1v) is 7.01. The summed E-state index contributed by atoms with van der Waals surface area (Å²) in [5.41, 5.74) is 2.18. The van der Waals surface area contributed by atoms with Crippen molar-refractivity contribution >= 4 is 5.91 Å². The van der Waals surface area contributed by atoms with E-state index in [2.05, 4.69) is 17.1 Å². The summed E-state index contributed by atoms with van der Waals surface area (Å²) in [5, 5.41) is 0. The Balaban J connectivity index is 1.99. The second-order valence-electron chi connectivity index (χ2n) is 4.73. The molecule has 1 heterocycles. The molecule has 0 radical (unpaired) electrons. The molecule has 0 fully saturated rings. The van der Waals surface area contributed by atoms with Crippen LogP contribution in [0.2, 0.25) is 0 Å². The van der Waals surface area contributed by atoms with Crippen molar-refractivity contribution in [3.63, 3.8) is 0 Å². The van der Waals surface area contributed by atoms with Crippen LogP contribution in [0.4, 0.5) is 0 Å². The normalized spacial score (nSPS) is 10.2. The molecule has 0 aliphatic carbocycles. The van der Waals surface area contributed by atoms with Gasteiger partial charge >= 0.3 is 0 Å². The highest BCUT2D eigenvalue weighted by atomic mass is 16.2. The van der Waals surface area contributed by atoms with E-state index in [1.165, 1.54) is 0 Å². The van der Waals surface area contributed by atoms with Gasteiger partial charge in [0.25, 0.3) is 0 Å². The van der Waals surface area contributed by atoms with Gasteiger partial charge in [0.15, 0.2) is 0 Å². The lowest BCUT2D eigenvalue weighted by Crippen LogP contribution is -2.32. The van der Waals surface area contributed by atoms with Crippen molar-refractivity contribution in [3.05, 3.63) is 66.0 Å². The predicted octanol–water partition coefficient (Wildman–Crippen LogP) is 3.06. The van der Waals surface area contributed by atoms with Crippen LogP contribution < -0.4 is 0 Å². The Bertz CT molecular complexity index is 525. The van der Waals surface area contributed by atoms with Crippen LogP contribution in [0.3, 0.4) is 0 Å². The number of nitrogens with zero attached hydrogens (tertiary/aromatic N) is 2. The summed E-state index contributed by atoms with van der Waals surface area (Å²) < 4.78 is 0. The smallest absolute Gasteiger partial charge is 0.222 e. The number of hydrogen-bond acceptors (Lipinski definition) is 2. The van der Waals surface area contributed by atoms with Gasteiger partial charge in [-0.1, -0.05) is 43.3 Å². The van der Waals surface area contributed by atoms with Crippen LogP contribution in [0, 0.1) is 0 Å². The van der Waals surface area contributed by atoms with Gasteiger partial charge in [-0.3, -0.25) is 9.78 Å². The van der Waals surface area contributed by atoms with E-state index in [-0.39, 0.29) is 5.91 Å². The molecular weight excluding hydrogens is 248 g/mol. The number of hydrogen-bond donors (Lipinski definition) is 0. The molecule has 0 saturated carbocycles. The van der Waals surface area contributed by atoms with Gasteiger partial charge in [-0.25, -0.2) is 0 Å². The second-order valence-corrected chi connectivity index (χ2v) is 4.73. The summed E-state index contributed by atoms with van der Waals surface area (Å²) in [6.45, 7) is 3.28. The average molecular weight is 268 g/mol. The van der Waals surface area contributed by atoms with Crippen LogP contribution in [0.1, 0.15) is 24.6 Å². The summed E-state index contributed by atoms with van der Waals surface area (Å²) in [6.07, 6.45) is 3.12. The van der Waals surface area contributed by atoms with E-state index in [0.29, 0.717) is 19.5 Å². The molecule has 0 aliphatic rings. The lowest BCUT2D eigenvalue weighted by molar-refractivity contribution is -0.131. The van der Waals surface area contributed by atoms with Gasteiger partial charge in [0.1, 0.15) is 0 Å². The number of pyridine rings is 1. The van der Waals surface area contributed by atoms with Gasteiger partial charge in [0.2, 0.25) is 5.91 Å². The standard InChI is InChI=1S/C17H20N2O/c1-2-17(20)19(14-15-8-4-3-5-9-15)13-11-16-10-6-7-12-18-16/h3-10,12H,2,11,13-14H2,1H3. The van der Waals surface area contributed by atoms with Crippen LogP contribution in [0.25, 0.3) is 0 Å². The molecule has 1 amide bonds. The molecule has 1 aromatic heterocycles. The monoisotopic (exact) mass is 268 g/mol. The van der Waals surface area contributed by atoms with E-state index in [9.17, 15) is 4.79 Å². The van der Waals surface area contributed by atoms with E-state index < -0.39 is 0 Å². The quantitative estimate of drug-likeness (QED) is 0.806. The van der Waals surface area contributed by atoms with E-state index in [4.69, 9.17) is 0 Å². The van der Waals surface area contributed by atoms with Crippen molar-refractivity contribution in [1.29, 1.82) is 0 Å². The molecule has 104 valence electrons. The van der Waals surface area contributed by atoms with Gasteiger partial charge in [0.05, 0.1) is 0 Å². The number of rotatable bonds is 6. The van der Waals surface area contributed by atoms with Gasteiger partial charge < -0.3 is 4.90 Å². The molecule has 20 heavy (non-hydrogen) atoms. The highest BCUT2D eigenvalue weighted by molar-refractivity contribution is 5.75. The van der Waals surface area contributed by atoms with Crippen molar-refractivity contribution in [1.82, 2.24) is 9.88 Å². The summed E-state index contributed by atoms with van der Waals surface area (Å²) in [6, 6.07) is 16.0. The SMILES string of the molecule is CCC(=O)N(CCc1ccccn1)Cc1ccccc1. The Kier molecular flexibility index (Phi) is 5.30. The Morgan fingerprint density at radius 3 is 2.50 bits per heavy atom. The molecule has 0 bridgehead atoms. The van der Waals surface area contributed by atoms with Crippen molar-refractivity contribution in [2.24, 2.45) is 0 Å². The fourth-order valence-electron chi connectivity index (χ4n) is 2.11. The van der Waals surface area contributed by atoms with Crippen molar-refractivity contribution in [3.8, 4) is 0 Å². The fraction of sp³-hybridized carbons (Fsp3) is 0.294. The van der Waals surface area contributed by atoms with Crippen molar-refractivity contribution in [2.45, 2.75) is 26.3 Å². The molecule has 0 spiro atoms. The Labute approximate surface area is 120 Å². The molecule has 0 saturated heterocycles. The first kappa shape index (κ1) is 14.3. The van der Waals surface area contributed by atoms with Crippen molar-refractivity contribution < 1.29 is 4.79 Å². The number of carbonyl (C=O) groups is 1. The average Bonchev–Trinajstić information content (AvgIpc) is 2.52. The predicted molar refractivity (Wildman–Crippen MR) is 80.1 cm³/mol. The minimum Gasteiger partial charge on any atom is -0.338 e. The molecular formula is C17H20N2O. The molecule has 0 atom stereocenters. The van der Waals surface area contributed by atoms with E-state index in [1.54, 1.807) is 6.20 Å². The molecule has 1 aromatic carbocycles. The largest absolute Gasteiger partial charge is 0.338 e. The molecule has 2 rings (SSSR count). The highest BCUT2D eigenvalue weighted by Crippen LogP contribution is 2.07. The maximum atomic E-state index is 12.0. The van der Waals surface area contributed by atoms with Crippen LogP contribution in [0.5, 0.6) is 0 Å². The third-order valence-electron chi connectivity index (χ3n) is 3.24. The van der Waals surface area contributed by atoms with Crippen LogP contribution in [-0.4, -0.2) is 22.3 Å². The second kappa shape index (κ2) is 7.43. The number of amides is 1. The molecule has 0 aliphatic heterocycles. The minimum atomic E-state index is 0.185. The molecule has 0 N–H and O–H groups in total. The maximum absolute atomic E-state index is 12.0. The molecule has 3 nitrogen and oxygen atoms in total. The summed E-state index contributed by atoms with van der Waals surface area (Å²) in [7, 11) is 0. The third kappa shape index (κ3) is 4.19. The summed E-state index contributed by atoms with van der Waals surface area (Å²) >= 11 is 0. The number of benzene rings is 1. The Morgan fingerprint density at radius 1 is 1.10 bits per heavy atom.